The minimum atomic E-state index is -0.249. The number of nitrogens with zero attached hydrogens (tertiary/aromatic N) is 1. The summed E-state index contributed by atoms with van der Waals surface area (Å²) in [5, 5.41) is 0. The number of benzene rings is 1. The van der Waals surface area contributed by atoms with Crippen molar-refractivity contribution in [2.24, 2.45) is 5.73 Å². The van der Waals surface area contributed by atoms with Crippen LogP contribution in [-0.2, 0) is 9.53 Å². The second-order valence-electron chi connectivity index (χ2n) is 3.42. The number of para-hydroxylation sites is 1. The smallest absolute Gasteiger partial charge is 0.414 e. The van der Waals surface area contributed by atoms with E-state index in [0.29, 0.717) is 19.6 Å². The molecular formula is C12H16N2O3. The molecule has 2 amide bonds. The molecule has 0 aromatic heterocycles. The van der Waals surface area contributed by atoms with E-state index in [1.54, 1.807) is 11.8 Å². The number of carbonyl (C=O) groups excluding carboxylic acids is 2. The van der Waals surface area contributed by atoms with Gasteiger partial charge in [-0.3, -0.25) is 9.69 Å². The van der Waals surface area contributed by atoms with Crippen LogP contribution in [0.1, 0.15) is 13.3 Å². The van der Waals surface area contributed by atoms with Gasteiger partial charge in [0.25, 0.3) is 0 Å². The van der Waals surface area contributed by atoms with Gasteiger partial charge in [0.1, 0.15) is 6.61 Å². The van der Waals surface area contributed by atoms with E-state index < -0.39 is 0 Å². The van der Waals surface area contributed by atoms with Gasteiger partial charge in [-0.1, -0.05) is 25.1 Å². The van der Waals surface area contributed by atoms with Gasteiger partial charge >= 0.3 is 6.09 Å². The Balaban J connectivity index is 0.000000249. The van der Waals surface area contributed by atoms with Crippen LogP contribution >= 0.6 is 0 Å². The molecule has 5 nitrogen and oxygen atoms in total. The van der Waals surface area contributed by atoms with Gasteiger partial charge in [-0.15, -0.1) is 0 Å². The van der Waals surface area contributed by atoms with Crippen LogP contribution in [0.4, 0.5) is 10.5 Å². The number of nitrogens with two attached hydrogens (primary N) is 1. The van der Waals surface area contributed by atoms with E-state index in [1.165, 1.54) is 0 Å². The van der Waals surface area contributed by atoms with E-state index >= 15 is 0 Å². The average Bonchev–Trinajstić information content (AvgIpc) is 2.77. The van der Waals surface area contributed by atoms with E-state index in [2.05, 4.69) is 5.73 Å². The number of primary amides is 1. The number of hydrogen-bond donors (Lipinski definition) is 1. The van der Waals surface area contributed by atoms with Crippen LogP contribution in [0.3, 0.4) is 0 Å². The number of ether oxygens (including phenoxy) is 1. The average molecular weight is 236 g/mol. The Morgan fingerprint density at radius 3 is 2.41 bits per heavy atom. The summed E-state index contributed by atoms with van der Waals surface area (Å²) in [6, 6.07) is 9.52. The van der Waals surface area contributed by atoms with Gasteiger partial charge in [0.2, 0.25) is 5.91 Å². The summed E-state index contributed by atoms with van der Waals surface area (Å²) in [5.41, 5.74) is 5.56. The van der Waals surface area contributed by atoms with Crippen molar-refractivity contribution in [3.8, 4) is 0 Å². The molecule has 92 valence electrons. The highest BCUT2D eigenvalue weighted by Gasteiger charge is 2.22. The third kappa shape index (κ3) is 4.14. The van der Waals surface area contributed by atoms with Crippen molar-refractivity contribution < 1.29 is 14.3 Å². The topological polar surface area (TPSA) is 72.6 Å². The molecule has 0 saturated carbocycles. The molecule has 0 bridgehead atoms. The minimum absolute atomic E-state index is 0.245. The van der Waals surface area contributed by atoms with Crippen LogP contribution in [0, 0.1) is 0 Å². The number of cyclic esters (lactones) is 1. The zero-order valence-corrected chi connectivity index (χ0v) is 9.76. The fourth-order valence-electron chi connectivity index (χ4n) is 1.24. The van der Waals surface area contributed by atoms with Crippen LogP contribution < -0.4 is 10.6 Å². The van der Waals surface area contributed by atoms with Crippen molar-refractivity contribution in [3.63, 3.8) is 0 Å². The first-order valence-electron chi connectivity index (χ1n) is 5.42. The molecule has 0 spiro atoms. The van der Waals surface area contributed by atoms with E-state index in [0.717, 1.165) is 5.69 Å². The first kappa shape index (κ1) is 13.0. The van der Waals surface area contributed by atoms with Crippen LogP contribution in [0.5, 0.6) is 0 Å². The lowest BCUT2D eigenvalue weighted by Crippen LogP contribution is -2.22. The SMILES string of the molecule is CCC(N)=O.O=C1OCCN1c1ccccc1. The highest BCUT2D eigenvalue weighted by molar-refractivity contribution is 5.89. The Kier molecular flexibility index (Phi) is 5.00. The Morgan fingerprint density at radius 1 is 1.41 bits per heavy atom. The first-order valence-corrected chi connectivity index (χ1v) is 5.42. The maximum atomic E-state index is 11.1. The molecule has 1 aromatic rings. The monoisotopic (exact) mass is 236 g/mol. The number of amides is 2. The molecule has 0 radical (unpaired) electrons. The van der Waals surface area contributed by atoms with Crippen LogP contribution in [0.15, 0.2) is 30.3 Å². The van der Waals surface area contributed by atoms with Crippen molar-refractivity contribution in [2.45, 2.75) is 13.3 Å². The third-order valence-corrected chi connectivity index (χ3v) is 2.18. The standard InChI is InChI=1S/C9H9NO2.C3H7NO/c11-9-10(6-7-12-9)8-4-2-1-3-5-8;1-2-3(4)5/h1-5H,6-7H2;2H2,1H3,(H2,4,5). The van der Waals surface area contributed by atoms with Crippen molar-refractivity contribution in [1.82, 2.24) is 0 Å². The summed E-state index contributed by atoms with van der Waals surface area (Å²) < 4.78 is 4.81. The molecule has 1 aliphatic rings. The summed E-state index contributed by atoms with van der Waals surface area (Å²) in [5.74, 6) is -0.245. The lowest BCUT2D eigenvalue weighted by Gasteiger charge is -2.11. The molecule has 5 heteroatoms. The van der Waals surface area contributed by atoms with Gasteiger partial charge in [-0.05, 0) is 12.1 Å². The fourth-order valence-corrected chi connectivity index (χ4v) is 1.24. The molecule has 1 fully saturated rings. The summed E-state index contributed by atoms with van der Waals surface area (Å²) in [6.45, 7) is 2.87. The zero-order chi connectivity index (χ0) is 12.7. The van der Waals surface area contributed by atoms with Gasteiger partial charge in [0, 0.05) is 12.1 Å². The summed E-state index contributed by atoms with van der Waals surface area (Å²) >= 11 is 0. The van der Waals surface area contributed by atoms with Crippen molar-refractivity contribution in [1.29, 1.82) is 0 Å². The number of carbonyl (C=O) groups is 2. The number of hydrogen-bond acceptors (Lipinski definition) is 3. The molecule has 2 N–H and O–H groups in total. The molecule has 0 aliphatic carbocycles. The number of rotatable bonds is 2. The van der Waals surface area contributed by atoms with Crippen molar-refractivity contribution >= 4 is 17.7 Å². The van der Waals surface area contributed by atoms with Gasteiger partial charge in [0.15, 0.2) is 0 Å². The molecule has 17 heavy (non-hydrogen) atoms. The largest absolute Gasteiger partial charge is 0.447 e. The van der Waals surface area contributed by atoms with Gasteiger partial charge < -0.3 is 10.5 Å². The highest BCUT2D eigenvalue weighted by Crippen LogP contribution is 2.16. The van der Waals surface area contributed by atoms with Crippen LogP contribution in [-0.4, -0.2) is 25.2 Å². The normalized spacial score (nSPS) is 13.7. The van der Waals surface area contributed by atoms with E-state index in [1.807, 2.05) is 30.3 Å². The maximum absolute atomic E-state index is 11.1. The Bertz CT molecular complexity index is 379. The predicted octanol–water partition coefficient (Wildman–Crippen LogP) is 1.52. The minimum Gasteiger partial charge on any atom is -0.447 e. The second kappa shape index (κ2) is 6.52. The lowest BCUT2D eigenvalue weighted by molar-refractivity contribution is -0.117. The Hall–Kier alpha value is -2.04. The van der Waals surface area contributed by atoms with Crippen molar-refractivity contribution in [3.05, 3.63) is 30.3 Å². The van der Waals surface area contributed by atoms with E-state index in [9.17, 15) is 9.59 Å². The first-order chi connectivity index (χ1) is 8.15. The number of anilines is 1. The molecule has 0 atom stereocenters. The molecule has 1 saturated heterocycles. The van der Waals surface area contributed by atoms with Crippen LogP contribution in [0.25, 0.3) is 0 Å². The fraction of sp³-hybridized carbons (Fsp3) is 0.333. The maximum Gasteiger partial charge on any atom is 0.414 e. The molecule has 1 aliphatic heterocycles. The molecule has 1 aromatic carbocycles. The molecule has 1 heterocycles. The summed E-state index contributed by atoms with van der Waals surface area (Å²) in [7, 11) is 0. The van der Waals surface area contributed by atoms with Gasteiger partial charge in [-0.2, -0.15) is 0 Å². The molecule has 0 unspecified atom stereocenters. The molecule has 2 rings (SSSR count). The van der Waals surface area contributed by atoms with Gasteiger partial charge in [0.05, 0.1) is 6.54 Å². The Morgan fingerprint density at radius 2 is 2.00 bits per heavy atom. The van der Waals surface area contributed by atoms with Crippen LogP contribution in [0.2, 0.25) is 0 Å². The zero-order valence-electron chi connectivity index (χ0n) is 9.76. The summed E-state index contributed by atoms with van der Waals surface area (Å²) in [6.07, 6.45) is 0.196. The van der Waals surface area contributed by atoms with Crippen molar-refractivity contribution in [2.75, 3.05) is 18.1 Å². The highest BCUT2D eigenvalue weighted by atomic mass is 16.6. The predicted molar refractivity (Wildman–Crippen MR) is 64.6 cm³/mol. The lowest BCUT2D eigenvalue weighted by atomic mass is 10.3. The third-order valence-electron chi connectivity index (χ3n) is 2.18. The second-order valence-corrected chi connectivity index (χ2v) is 3.42. The Labute approximate surface area is 100 Å². The van der Waals surface area contributed by atoms with Gasteiger partial charge in [-0.25, -0.2) is 4.79 Å². The quantitative estimate of drug-likeness (QED) is 0.846. The molecular weight excluding hydrogens is 220 g/mol. The summed E-state index contributed by atoms with van der Waals surface area (Å²) in [4.78, 5) is 22.3. The van der Waals surface area contributed by atoms with E-state index in [-0.39, 0.29) is 12.0 Å². The van der Waals surface area contributed by atoms with E-state index in [4.69, 9.17) is 4.74 Å².